The first kappa shape index (κ1) is 58.5. The second-order valence-electron chi connectivity index (χ2n) is 16.0. The van der Waals surface area contributed by atoms with Gasteiger partial charge in [-0.05, 0) is 133 Å². The molecule has 1 N–H and O–H groups in total. The Bertz CT molecular complexity index is 2660. The Hall–Kier alpha value is -6.82. The number of rotatable bonds is 23. The molecule has 0 aliphatic carbocycles. The molecule has 1 amide bonds. The van der Waals surface area contributed by atoms with Crippen molar-refractivity contribution in [3.05, 3.63) is 48.0 Å². The van der Waals surface area contributed by atoms with E-state index < -0.39 is 48.8 Å². The van der Waals surface area contributed by atoms with Crippen LogP contribution < -0.4 is 10.6 Å². The molecule has 2 heterocycles. The van der Waals surface area contributed by atoms with E-state index in [1.54, 1.807) is 6.92 Å². The van der Waals surface area contributed by atoms with E-state index in [1.165, 1.54) is 57.8 Å². The van der Waals surface area contributed by atoms with E-state index in [4.69, 9.17) is 23.1 Å². The van der Waals surface area contributed by atoms with Crippen LogP contribution in [0.25, 0.3) is 0 Å². The summed E-state index contributed by atoms with van der Waals surface area (Å²) in [6.07, 6.45) is 14.7. The number of carbonyl (C=O) groups is 1. The average Bonchev–Trinajstić information content (AvgIpc) is 3.38. The summed E-state index contributed by atoms with van der Waals surface area (Å²) in [6, 6.07) is 9.06. The number of hydrogen-bond donors (Lipinski definition) is 1. The van der Waals surface area contributed by atoms with Gasteiger partial charge in [0.05, 0.1) is 19.3 Å². The van der Waals surface area contributed by atoms with E-state index in [0.29, 0.717) is 12.3 Å². The van der Waals surface area contributed by atoms with Crippen molar-refractivity contribution in [1.82, 2.24) is 5.32 Å². The highest BCUT2D eigenvalue weighted by Crippen LogP contribution is 2.39. The molecule has 10 nitrogen and oxygen atoms in total. The molecule has 0 saturated carbocycles. The summed E-state index contributed by atoms with van der Waals surface area (Å²) in [5.41, 5.74) is 0.835. The molecule has 11 heteroatoms. The second kappa shape index (κ2) is 39.0. The van der Waals surface area contributed by atoms with Crippen LogP contribution in [0.5, 0.6) is 0 Å². The molecule has 364 valence electrons. The van der Waals surface area contributed by atoms with Crippen molar-refractivity contribution in [1.29, 1.82) is 0 Å². The number of ether oxygens (including phenoxy) is 4. The molecule has 0 bridgehead atoms. The van der Waals surface area contributed by atoms with Crippen LogP contribution in [-0.4, -0.2) is 49.8 Å². The highest BCUT2D eigenvalue weighted by molar-refractivity contribution is 7.89. The molecule has 0 spiro atoms. The molecule has 6 unspecified atom stereocenters. The summed E-state index contributed by atoms with van der Waals surface area (Å²) in [4.78, 5) is 13.2. The monoisotopic (exact) mass is 968 g/mol. The first-order chi connectivity index (χ1) is 34.9. The molecular weight excluding hydrogens is 911 g/mol. The van der Waals surface area contributed by atoms with Gasteiger partial charge in [0.2, 0.25) is 0 Å². The predicted octanol–water partition coefficient (Wildman–Crippen LogP) is 7.34. The molecule has 2 aliphatic rings. The molecule has 0 aromatic heterocycles. The molecule has 2 fully saturated rings. The quantitative estimate of drug-likeness (QED) is 0.0299. The third-order valence-corrected chi connectivity index (χ3v) is 11.4. The summed E-state index contributed by atoms with van der Waals surface area (Å²) in [5, 5.41) is 17.2. The van der Waals surface area contributed by atoms with Crippen molar-refractivity contribution in [2.45, 2.75) is 142 Å². The lowest BCUT2D eigenvalue weighted by molar-refractivity contribution is -0.777. The fourth-order valence-corrected chi connectivity index (χ4v) is 7.44. The normalized spacial score (nSPS) is 18.9. The van der Waals surface area contributed by atoms with Crippen molar-refractivity contribution >= 4 is 18.2 Å². The van der Waals surface area contributed by atoms with E-state index >= 15 is 0 Å². The van der Waals surface area contributed by atoms with Gasteiger partial charge in [0.15, 0.2) is 24.9 Å². The molecule has 3 rings (SSSR count). The van der Waals surface area contributed by atoms with Crippen LogP contribution in [0.3, 0.4) is 0 Å². The van der Waals surface area contributed by atoms with Gasteiger partial charge in [0.1, 0.15) is 18.3 Å². The number of amides is 1. The Balaban J connectivity index is 1.62. The number of carbonyl (C=O) groups excluding carboxylic acids is 1. The van der Waals surface area contributed by atoms with Gasteiger partial charge in [-0.25, -0.2) is 0 Å². The van der Waals surface area contributed by atoms with Gasteiger partial charge in [-0.15, -0.1) is 4.33 Å². The molecule has 2 saturated heterocycles. The maximum atomic E-state index is 13.2. The van der Waals surface area contributed by atoms with E-state index in [9.17, 15) is 10.1 Å². The van der Waals surface area contributed by atoms with E-state index in [0.717, 1.165) is 18.4 Å². The Morgan fingerprint density at radius 3 is 1.83 bits per heavy atom. The lowest BCUT2D eigenvalue weighted by Gasteiger charge is -2.48. The lowest BCUT2D eigenvalue weighted by atomic mass is 9.86. The van der Waals surface area contributed by atoms with Crippen LogP contribution in [0.2, 0.25) is 0 Å². The Morgan fingerprint density at radius 1 is 0.746 bits per heavy atom. The Labute approximate surface area is 427 Å². The minimum Gasteiger partial charge on any atom is -0.691 e. The SMILES string of the molecule is CC#CC#CC#CC#CC#CC#CC#CC#CC#CC#CC#CC#CC(=O)N[C@@H](COC1OC2COC(c3ccccc3)OC2C(OSOO[O-])C1C)[C@H](C)[C@H](C)C/C=C/CCCCCCCCCCC. The summed E-state index contributed by atoms with van der Waals surface area (Å²) >= 11 is 0.406. The highest BCUT2D eigenvalue weighted by atomic mass is 32.2. The highest BCUT2D eigenvalue weighted by Gasteiger charge is 2.50. The summed E-state index contributed by atoms with van der Waals surface area (Å²) in [5.74, 6) is 60.2. The van der Waals surface area contributed by atoms with Gasteiger partial charge in [0, 0.05) is 52.9 Å². The number of hydrogen-bond acceptors (Lipinski definition) is 10. The molecule has 2 aliphatic heterocycles. The molecule has 1 aromatic carbocycles. The van der Waals surface area contributed by atoms with Gasteiger partial charge >= 0.3 is 0 Å². The van der Waals surface area contributed by atoms with Crippen molar-refractivity contribution < 1.29 is 42.6 Å². The van der Waals surface area contributed by atoms with Gasteiger partial charge in [0.25, 0.3) is 5.91 Å². The summed E-state index contributed by atoms with van der Waals surface area (Å²) in [6.45, 7) is 10.3. The van der Waals surface area contributed by atoms with Gasteiger partial charge in [-0.2, -0.15) is 0 Å². The molecular formula is C60H58NO9S-. The number of nitrogens with one attached hydrogen (secondary N) is 1. The predicted molar refractivity (Wildman–Crippen MR) is 273 cm³/mol. The number of benzene rings is 1. The molecule has 0 radical (unpaired) electrons. The van der Waals surface area contributed by atoms with Crippen LogP contribution >= 0.6 is 12.3 Å². The standard InChI is InChI=1S/C60H59NO9S/c1-6-8-10-12-14-16-18-20-21-22-23-24-25-26-27-28-29-30-32-34-36-38-43-47-56(62)61-54(51(4)50(3)44-40-37-35-33-31-19-17-15-13-11-9-7-2)48-64-59-52(5)57(68-71-70-69-63)58-55(66-59)49-65-60(67-58)53-45-41-39-42-46-53/h37,39-42,45-46,50-52,54-55,57-60,63H,7,9,11,13,15,17,19,31,33,35,44,48-49H2,1-5H3,(H,61,62)/p-1/b40-37+/t50-,51-,52?,54+,55?,57?,58?,59?,60?/m1/s1. The minimum atomic E-state index is -0.803. The minimum absolute atomic E-state index is 0.0376. The smallest absolute Gasteiger partial charge is 0.297 e. The molecule has 71 heavy (non-hydrogen) atoms. The van der Waals surface area contributed by atoms with Crippen molar-refractivity contribution in [2.24, 2.45) is 17.8 Å². The average molecular weight is 969 g/mol. The van der Waals surface area contributed by atoms with Gasteiger partial charge < -0.3 is 29.5 Å². The zero-order valence-corrected chi connectivity index (χ0v) is 41.8. The third kappa shape index (κ3) is 26.1. The molecule has 1 aromatic rings. The summed E-state index contributed by atoms with van der Waals surface area (Å²) in [7, 11) is 0. The fourth-order valence-electron chi connectivity index (χ4n) is 7.01. The fraction of sp³-hybridized carbons (Fsp3) is 0.450. The maximum absolute atomic E-state index is 13.2. The lowest BCUT2D eigenvalue weighted by Crippen LogP contribution is -2.60. The number of fused-ring (bicyclic) bond motifs is 1. The molecule has 9 atom stereocenters. The van der Waals surface area contributed by atoms with Gasteiger partial charge in [-0.3, -0.25) is 14.0 Å². The Kier molecular flexibility index (Phi) is 32.1. The van der Waals surface area contributed by atoms with Crippen molar-refractivity contribution in [3.63, 3.8) is 0 Å². The van der Waals surface area contributed by atoms with Crippen LogP contribution in [0.15, 0.2) is 42.5 Å². The van der Waals surface area contributed by atoms with Crippen LogP contribution in [0.4, 0.5) is 0 Å². The number of allylic oxidation sites excluding steroid dienone is 2. The zero-order valence-electron chi connectivity index (χ0n) is 41.0. The first-order valence-corrected chi connectivity index (χ1v) is 24.3. The van der Waals surface area contributed by atoms with E-state index in [-0.39, 0.29) is 25.0 Å². The second-order valence-corrected chi connectivity index (χ2v) is 16.5. The topological polar surface area (TPSA) is 117 Å². The van der Waals surface area contributed by atoms with Crippen molar-refractivity contribution in [3.8, 4) is 142 Å². The first-order valence-electron chi connectivity index (χ1n) is 23.6. The van der Waals surface area contributed by atoms with Gasteiger partial charge in [-0.1, -0.05) is 127 Å². The summed E-state index contributed by atoms with van der Waals surface area (Å²) < 4.78 is 35.7. The largest absolute Gasteiger partial charge is 0.691 e. The van der Waals surface area contributed by atoms with Crippen LogP contribution in [0.1, 0.15) is 117 Å². The van der Waals surface area contributed by atoms with Crippen LogP contribution in [-0.2, 0) is 37.3 Å². The van der Waals surface area contributed by atoms with Crippen LogP contribution in [0, 0.1) is 160 Å². The third-order valence-electron chi connectivity index (χ3n) is 11.0. The zero-order chi connectivity index (χ0) is 50.8. The van der Waals surface area contributed by atoms with Crippen molar-refractivity contribution in [2.75, 3.05) is 13.2 Å². The van der Waals surface area contributed by atoms with E-state index in [2.05, 4.69) is 190 Å². The van der Waals surface area contributed by atoms with E-state index in [1.807, 2.05) is 37.3 Å². The number of unbranched alkanes of at least 4 members (excludes halogenated alkanes) is 9. The Morgan fingerprint density at radius 2 is 1.28 bits per heavy atom. The maximum Gasteiger partial charge on any atom is 0.297 e.